The summed E-state index contributed by atoms with van der Waals surface area (Å²) in [4.78, 5) is 11.7. The molecule has 1 atom stereocenters. The van der Waals surface area contributed by atoms with E-state index >= 15 is 0 Å². The molecule has 0 saturated carbocycles. The first-order valence-electron chi connectivity index (χ1n) is 9.57. The number of hydrogen-bond donors (Lipinski definition) is 2. The number of sulfonamides is 1. The van der Waals surface area contributed by atoms with Crippen molar-refractivity contribution >= 4 is 21.6 Å². The summed E-state index contributed by atoms with van der Waals surface area (Å²) in [5.74, 6) is -9.73. The molecule has 13 heteroatoms. The van der Waals surface area contributed by atoms with Gasteiger partial charge in [-0.15, -0.1) is 0 Å². The van der Waals surface area contributed by atoms with Crippen LogP contribution in [0.15, 0.2) is 35.2 Å². The quantitative estimate of drug-likeness (QED) is 0.489. The van der Waals surface area contributed by atoms with E-state index in [9.17, 15) is 44.7 Å². The minimum Gasteiger partial charge on any atom is -0.387 e. The third kappa shape index (κ3) is 5.14. The number of rotatable bonds is 5. The summed E-state index contributed by atoms with van der Waals surface area (Å²) in [6.07, 6.45) is -2.47. The zero-order valence-electron chi connectivity index (χ0n) is 16.8. The lowest BCUT2D eigenvalue weighted by Crippen LogP contribution is -2.44. The van der Waals surface area contributed by atoms with Gasteiger partial charge in [0.1, 0.15) is 12.8 Å². The van der Waals surface area contributed by atoms with E-state index in [1.807, 2.05) is 0 Å². The molecule has 3 rings (SSSR count). The second-order valence-electron chi connectivity index (χ2n) is 7.42. The fourth-order valence-electron chi connectivity index (χ4n) is 3.31. The van der Waals surface area contributed by atoms with Crippen LogP contribution in [0.3, 0.4) is 0 Å². The van der Waals surface area contributed by atoms with Crippen LogP contribution in [0, 0.1) is 17.5 Å². The normalized spacial score (nSPS) is 19.2. The summed E-state index contributed by atoms with van der Waals surface area (Å²) in [6, 6.07) is 3.72. The number of aliphatic hydroxyl groups is 1. The summed E-state index contributed by atoms with van der Waals surface area (Å²) >= 11 is 0. The Morgan fingerprint density at radius 2 is 1.79 bits per heavy atom. The Kier molecular flexibility index (Phi) is 7.05. The molecular formula is C20H18F6N2O4S. The zero-order chi connectivity index (χ0) is 24.6. The van der Waals surface area contributed by atoms with E-state index in [0.29, 0.717) is 16.4 Å². The van der Waals surface area contributed by atoms with Crippen molar-refractivity contribution in [2.24, 2.45) is 0 Å². The zero-order valence-corrected chi connectivity index (χ0v) is 17.6. The van der Waals surface area contributed by atoms with Crippen molar-refractivity contribution in [2.45, 2.75) is 36.4 Å². The number of anilines is 1. The summed E-state index contributed by atoms with van der Waals surface area (Å²) in [5.41, 5.74) is -1.27. The van der Waals surface area contributed by atoms with Crippen molar-refractivity contribution in [1.29, 1.82) is 0 Å². The van der Waals surface area contributed by atoms with E-state index in [2.05, 4.69) is 5.32 Å². The van der Waals surface area contributed by atoms with Crippen LogP contribution in [0.25, 0.3) is 0 Å². The molecule has 0 bridgehead atoms. The van der Waals surface area contributed by atoms with E-state index in [1.54, 1.807) is 0 Å². The van der Waals surface area contributed by atoms with E-state index in [4.69, 9.17) is 0 Å². The van der Waals surface area contributed by atoms with Gasteiger partial charge in [0.15, 0.2) is 17.5 Å². The first-order valence-corrected chi connectivity index (χ1v) is 11.0. The van der Waals surface area contributed by atoms with E-state index < -0.39 is 80.3 Å². The van der Waals surface area contributed by atoms with E-state index in [-0.39, 0.29) is 19.4 Å². The first-order chi connectivity index (χ1) is 15.4. The third-order valence-corrected chi connectivity index (χ3v) is 7.02. The molecule has 1 heterocycles. The highest BCUT2D eigenvalue weighted by Crippen LogP contribution is 2.32. The summed E-state index contributed by atoms with van der Waals surface area (Å²) < 4.78 is 108. The van der Waals surface area contributed by atoms with Gasteiger partial charge in [-0.3, -0.25) is 4.79 Å². The summed E-state index contributed by atoms with van der Waals surface area (Å²) in [6.45, 7) is -3.00. The summed E-state index contributed by atoms with van der Waals surface area (Å²) in [7, 11) is -4.72. The van der Waals surface area contributed by atoms with Gasteiger partial charge in [0.25, 0.3) is 11.8 Å². The molecule has 1 saturated heterocycles. The summed E-state index contributed by atoms with van der Waals surface area (Å²) in [5, 5.41) is 11.6. The monoisotopic (exact) mass is 496 g/mol. The maximum atomic E-state index is 14.1. The first kappa shape index (κ1) is 25.0. The molecule has 1 unspecified atom stereocenters. The number of benzene rings is 2. The number of hydrogen-bond acceptors (Lipinski definition) is 4. The lowest BCUT2D eigenvalue weighted by atomic mass is 10.1. The Hall–Kier alpha value is -2.64. The van der Waals surface area contributed by atoms with Gasteiger partial charge in [-0.2, -0.15) is 4.31 Å². The topological polar surface area (TPSA) is 86.7 Å². The molecule has 0 aromatic heterocycles. The molecule has 1 fully saturated rings. The van der Waals surface area contributed by atoms with E-state index in [1.165, 1.54) is 0 Å². The lowest BCUT2D eigenvalue weighted by Gasteiger charge is -2.26. The van der Waals surface area contributed by atoms with Crippen LogP contribution >= 0.6 is 0 Å². The molecule has 0 spiro atoms. The minimum atomic E-state index is -4.72. The highest BCUT2D eigenvalue weighted by atomic mass is 32.2. The van der Waals surface area contributed by atoms with Crippen LogP contribution < -0.4 is 5.32 Å². The molecule has 0 radical (unpaired) electrons. The van der Waals surface area contributed by atoms with Crippen LogP contribution in [0.2, 0.25) is 0 Å². The number of alkyl halides is 3. The Balaban J connectivity index is 1.95. The van der Waals surface area contributed by atoms with Crippen molar-refractivity contribution in [3.8, 4) is 0 Å². The molecule has 2 aromatic rings. The average molecular weight is 496 g/mol. The number of nitrogens with one attached hydrogen (secondary N) is 1. The highest BCUT2D eigenvalue weighted by Gasteiger charge is 2.45. The molecule has 6 nitrogen and oxygen atoms in total. The molecule has 33 heavy (non-hydrogen) atoms. The SMILES string of the molecule is O=C(Nc1cc(F)c(F)c(F)c1)c1ccc(CF)c(S(=O)(=O)N2CCCC(O)C(F)(F)C2)c1. The van der Waals surface area contributed by atoms with Crippen molar-refractivity contribution in [2.75, 3.05) is 18.4 Å². The van der Waals surface area contributed by atoms with Crippen molar-refractivity contribution in [3.05, 3.63) is 58.9 Å². The second-order valence-corrected chi connectivity index (χ2v) is 9.33. The molecule has 2 N–H and O–H groups in total. The van der Waals surface area contributed by atoms with Gasteiger partial charge in [-0.25, -0.2) is 34.8 Å². The van der Waals surface area contributed by atoms with Crippen molar-refractivity contribution in [1.82, 2.24) is 4.31 Å². The average Bonchev–Trinajstić information content (AvgIpc) is 2.89. The van der Waals surface area contributed by atoms with Gasteiger partial charge in [-0.05, 0) is 25.0 Å². The predicted molar refractivity (Wildman–Crippen MR) is 104 cm³/mol. The van der Waals surface area contributed by atoms with Crippen molar-refractivity contribution in [3.63, 3.8) is 0 Å². The number of carbonyl (C=O) groups is 1. The van der Waals surface area contributed by atoms with Gasteiger partial charge >= 0.3 is 0 Å². The highest BCUT2D eigenvalue weighted by molar-refractivity contribution is 7.89. The van der Waals surface area contributed by atoms with Gasteiger partial charge in [0, 0.05) is 35.5 Å². The number of amides is 1. The minimum absolute atomic E-state index is 0.0805. The standard InChI is InChI=1S/C20H18F6N2O4S/c21-9-12-4-3-11(19(30)27-13-7-14(22)18(24)15(23)8-13)6-16(12)33(31,32)28-5-1-2-17(29)20(25,26)10-28/h3-4,6-8,17,29H,1-2,5,9-10H2,(H,27,30). The fourth-order valence-corrected chi connectivity index (χ4v) is 5.03. The molecule has 1 aliphatic rings. The number of carbonyl (C=O) groups excluding carboxylic acids is 1. The lowest BCUT2D eigenvalue weighted by molar-refractivity contribution is -0.109. The third-order valence-electron chi connectivity index (χ3n) is 5.09. The van der Waals surface area contributed by atoms with Gasteiger partial charge in [0.05, 0.1) is 11.4 Å². The predicted octanol–water partition coefficient (Wildman–Crippen LogP) is 3.61. The van der Waals surface area contributed by atoms with E-state index in [0.717, 1.165) is 18.2 Å². The molecule has 0 aliphatic carbocycles. The van der Waals surface area contributed by atoms with Crippen LogP contribution in [0.5, 0.6) is 0 Å². The number of aliphatic hydroxyl groups excluding tert-OH is 1. The Morgan fingerprint density at radius 3 is 2.39 bits per heavy atom. The van der Waals surface area contributed by atoms with Gasteiger partial charge in [0.2, 0.25) is 10.0 Å². The largest absolute Gasteiger partial charge is 0.387 e. The van der Waals surface area contributed by atoms with Crippen LogP contribution in [0.4, 0.5) is 32.0 Å². The number of halogens is 6. The molecule has 1 aliphatic heterocycles. The smallest absolute Gasteiger partial charge is 0.286 e. The van der Waals surface area contributed by atoms with Gasteiger partial charge in [-0.1, -0.05) is 6.07 Å². The van der Waals surface area contributed by atoms with Crippen LogP contribution in [-0.2, 0) is 16.7 Å². The Morgan fingerprint density at radius 1 is 1.15 bits per heavy atom. The fraction of sp³-hybridized carbons (Fsp3) is 0.350. The number of nitrogens with zero attached hydrogens (tertiary/aromatic N) is 1. The maximum absolute atomic E-state index is 14.1. The molecular weight excluding hydrogens is 478 g/mol. The molecule has 2 aromatic carbocycles. The van der Waals surface area contributed by atoms with Gasteiger partial charge < -0.3 is 10.4 Å². The molecule has 180 valence electrons. The van der Waals surface area contributed by atoms with Crippen LogP contribution in [-0.4, -0.2) is 48.9 Å². The second kappa shape index (κ2) is 9.31. The van der Waals surface area contributed by atoms with Crippen molar-refractivity contribution < 1.29 is 44.7 Å². The Bertz CT molecular complexity index is 1150. The Labute approximate surface area is 184 Å². The van der Waals surface area contributed by atoms with Crippen LogP contribution in [0.1, 0.15) is 28.8 Å². The maximum Gasteiger partial charge on any atom is 0.286 e. The molecule has 1 amide bonds.